The van der Waals surface area contributed by atoms with Gasteiger partial charge < -0.3 is 15.4 Å². The third-order valence-corrected chi connectivity index (χ3v) is 6.12. The molecule has 1 aliphatic carbocycles. The van der Waals surface area contributed by atoms with Crippen LogP contribution in [0.25, 0.3) is 0 Å². The SMILES string of the molecule is CCNC(=NCc1ccnc(OC2CCC(C)CC2)c1)NC1CCc2nc(C)nn2C1. The normalized spacial score (nSPS) is 23.8. The van der Waals surface area contributed by atoms with Gasteiger partial charge in [0, 0.05) is 31.3 Å². The Labute approximate surface area is 184 Å². The van der Waals surface area contributed by atoms with Gasteiger partial charge in [-0.15, -0.1) is 0 Å². The monoisotopic (exact) mass is 425 g/mol. The molecule has 0 amide bonds. The second-order valence-corrected chi connectivity index (χ2v) is 8.83. The summed E-state index contributed by atoms with van der Waals surface area (Å²) in [5.74, 6) is 4.28. The van der Waals surface area contributed by atoms with Crippen LogP contribution in [0, 0.1) is 12.8 Å². The number of guanidine groups is 1. The fourth-order valence-electron chi connectivity index (χ4n) is 4.37. The Balaban J connectivity index is 1.35. The van der Waals surface area contributed by atoms with Gasteiger partial charge in [0.15, 0.2) is 5.96 Å². The van der Waals surface area contributed by atoms with Crippen LogP contribution < -0.4 is 15.4 Å². The number of rotatable bonds is 6. The minimum absolute atomic E-state index is 0.288. The third kappa shape index (κ3) is 5.95. The molecule has 8 nitrogen and oxygen atoms in total. The van der Waals surface area contributed by atoms with Crippen LogP contribution in [0.4, 0.5) is 0 Å². The number of pyridine rings is 1. The molecule has 31 heavy (non-hydrogen) atoms. The molecular weight excluding hydrogens is 390 g/mol. The molecule has 0 spiro atoms. The van der Waals surface area contributed by atoms with Crippen molar-refractivity contribution in [2.24, 2.45) is 10.9 Å². The minimum atomic E-state index is 0.288. The molecule has 168 valence electrons. The maximum Gasteiger partial charge on any atom is 0.213 e. The van der Waals surface area contributed by atoms with Crippen molar-refractivity contribution in [3.8, 4) is 5.88 Å². The van der Waals surface area contributed by atoms with E-state index in [2.05, 4.69) is 39.5 Å². The van der Waals surface area contributed by atoms with Crippen molar-refractivity contribution in [3.63, 3.8) is 0 Å². The zero-order chi connectivity index (χ0) is 21.6. The first-order valence-electron chi connectivity index (χ1n) is 11.7. The van der Waals surface area contributed by atoms with Crippen LogP contribution in [0.5, 0.6) is 5.88 Å². The zero-order valence-electron chi connectivity index (χ0n) is 19.0. The smallest absolute Gasteiger partial charge is 0.213 e. The van der Waals surface area contributed by atoms with Crippen LogP contribution in [-0.2, 0) is 19.5 Å². The number of nitrogens with one attached hydrogen (secondary N) is 2. The van der Waals surface area contributed by atoms with Crippen LogP contribution in [0.15, 0.2) is 23.3 Å². The molecule has 2 aromatic rings. The van der Waals surface area contributed by atoms with E-state index in [0.29, 0.717) is 12.4 Å². The van der Waals surface area contributed by atoms with Crippen molar-refractivity contribution in [3.05, 3.63) is 35.5 Å². The number of aryl methyl sites for hydroxylation is 2. The van der Waals surface area contributed by atoms with E-state index in [1.54, 1.807) is 0 Å². The van der Waals surface area contributed by atoms with Gasteiger partial charge in [0.1, 0.15) is 17.8 Å². The Morgan fingerprint density at radius 1 is 1.26 bits per heavy atom. The van der Waals surface area contributed by atoms with Gasteiger partial charge in [-0.1, -0.05) is 6.92 Å². The standard InChI is InChI=1S/C23H35N7O/c1-4-24-23(28-19-7-10-21-27-17(3)29-30(21)15-19)26-14-18-11-12-25-22(13-18)31-20-8-5-16(2)6-9-20/h11-13,16,19-20H,4-10,14-15H2,1-3H3,(H2,24,26,28). The van der Waals surface area contributed by atoms with Gasteiger partial charge in [-0.05, 0) is 63.5 Å². The Morgan fingerprint density at radius 2 is 2.10 bits per heavy atom. The number of fused-ring (bicyclic) bond motifs is 1. The first-order chi connectivity index (χ1) is 15.1. The molecule has 1 fully saturated rings. The fraction of sp³-hybridized carbons (Fsp3) is 0.652. The highest BCUT2D eigenvalue weighted by molar-refractivity contribution is 5.80. The van der Waals surface area contributed by atoms with Crippen molar-refractivity contribution < 1.29 is 4.74 Å². The molecule has 1 aliphatic heterocycles. The van der Waals surface area contributed by atoms with Gasteiger partial charge in [-0.2, -0.15) is 5.10 Å². The molecule has 8 heteroatoms. The summed E-state index contributed by atoms with van der Waals surface area (Å²) in [5, 5.41) is 11.4. The predicted octanol–water partition coefficient (Wildman–Crippen LogP) is 3.01. The van der Waals surface area contributed by atoms with Crippen molar-refractivity contribution >= 4 is 5.96 Å². The molecule has 2 N–H and O–H groups in total. The van der Waals surface area contributed by atoms with Crippen LogP contribution >= 0.6 is 0 Å². The van der Waals surface area contributed by atoms with Crippen molar-refractivity contribution in [2.45, 2.75) is 84.5 Å². The Bertz CT molecular complexity index is 886. The minimum Gasteiger partial charge on any atom is -0.474 e. The zero-order valence-corrected chi connectivity index (χ0v) is 19.0. The van der Waals surface area contributed by atoms with Crippen molar-refractivity contribution in [1.82, 2.24) is 30.4 Å². The molecular formula is C23H35N7O. The summed E-state index contributed by atoms with van der Waals surface area (Å²) in [6.45, 7) is 8.56. The van der Waals surface area contributed by atoms with Crippen LogP contribution in [0.1, 0.15) is 63.2 Å². The van der Waals surface area contributed by atoms with Gasteiger partial charge in [-0.25, -0.2) is 19.6 Å². The number of hydrogen-bond acceptors (Lipinski definition) is 5. The summed E-state index contributed by atoms with van der Waals surface area (Å²) in [4.78, 5) is 13.7. The van der Waals surface area contributed by atoms with E-state index in [4.69, 9.17) is 9.73 Å². The van der Waals surface area contributed by atoms with Crippen LogP contribution in [0.2, 0.25) is 0 Å². The lowest BCUT2D eigenvalue weighted by Gasteiger charge is -2.26. The number of ether oxygens (including phenoxy) is 1. The Kier molecular flexibility index (Phi) is 7.04. The number of hydrogen-bond donors (Lipinski definition) is 2. The van der Waals surface area contributed by atoms with Crippen molar-refractivity contribution in [2.75, 3.05) is 6.54 Å². The van der Waals surface area contributed by atoms with E-state index >= 15 is 0 Å². The molecule has 1 unspecified atom stereocenters. The summed E-state index contributed by atoms with van der Waals surface area (Å²) >= 11 is 0. The topological polar surface area (TPSA) is 89.2 Å². The highest BCUT2D eigenvalue weighted by Crippen LogP contribution is 2.26. The summed E-state index contributed by atoms with van der Waals surface area (Å²) in [5.41, 5.74) is 1.10. The summed E-state index contributed by atoms with van der Waals surface area (Å²) in [7, 11) is 0. The van der Waals surface area contributed by atoms with E-state index in [0.717, 1.165) is 67.9 Å². The molecule has 1 saturated carbocycles. The van der Waals surface area contributed by atoms with Gasteiger partial charge in [0.05, 0.1) is 13.1 Å². The molecule has 2 aliphatic rings. The fourth-order valence-corrected chi connectivity index (χ4v) is 4.37. The van der Waals surface area contributed by atoms with Crippen LogP contribution in [0.3, 0.4) is 0 Å². The molecule has 3 heterocycles. The largest absolute Gasteiger partial charge is 0.474 e. The Hall–Kier alpha value is -2.64. The Morgan fingerprint density at radius 3 is 2.90 bits per heavy atom. The van der Waals surface area contributed by atoms with Gasteiger partial charge >= 0.3 is 0 Å². The number of nitrogens with zero attached hydrogens (tertiary/aromatic N) is 5. The van der Waals surface area contributed by atoms with E-state index in [-0.39, 0.29) is 12.1 Å². The van der Waals surface area contributed by atoms with Gasteiger partial charge in [0.2, 0.25) is 5.88 Å². The van der Waals surface area contributed by atoms with Gasteiger partial charge in [-0.3, -0.25) is 0 Å². The third-order valence-electron chi connectivity index (χ3n) is 6.12. The number of aromatic nitrogens is 4. The average molecular weight is 426 g/mol. The lowest BCUT2D eigenvalue weighted by atomic mass is 9.89. The maximum absolute atomic E-state index is 6.15. The highest BCUT2D eigenvalue weighted by Gasteiger charge is 2.22. The highest BCUT2D eigenvalue weighted by atomic mass is 16.5. The molecule has 2 aromatic heterocycles. The van der Waals surface area contributed by atoms with E-state index in [1.807, 2.05) is 29.9 Å². The first-order valence-corrected chi connectivity index (χ1v) is 11.7. The second kappa shape index (κ2) is 10.1. The van der Waals surface area contributed by atoms with Crippen molar-refractivity contribution in [1.29, 1.82) is 0 Å². The second-order valence-electron chi connectivity index (χ2n) is 8.83. The van der Waals surface area contributed by atoms with Crippen LogP contribution in [-0.4, -0.2) is 44.4 Å². The molecule has 0 radical (unpaired) electrons. The summed E-state index contributed by atoms with van der Waals surface area (Å²) < 4.78 is 8.16. The van der Waals surface area contributed by atoms with Gasteiger partial charge in [0.25, 0.3) is 0 Å². The molecule has 0 bridgehead atoms. The van der Waals surface area contributed by atoms with E-state index in [1.165, 1.54) is 12.8 Å². The molecule has 1 atom stereocenters. The summed E-state index contributed by atoms with van der Waals surface area (Å²) in [6, 6.07) is 4.32. The quantitative estimate of drug-likeness (QED) is 0.546. The lowest BCUT2D eigenvalue weighted by Crippen LogP contribution is -2.47. The molecule has 4 rings (SSSR count). The predicted molar refractivity (Wildman–Crippen MR) is 121 cm³/mol. The first kappa shape index (κ1) is 21.6. The maximum atomic E-state index is 6.15. The molecule has 0 saturated heterocycles. The lowest BCUT2D eigenvalue weighted by molar-refractivity contribution is 0.130. The van der Waals surface area contributed by atoms with E-state index < -0.39 is 0 Å². The van der Waals surface area contributed by atoms with E-state index in [9.17, 15) is 0 Å². The summed E-state index contributed by atoms with van der Waals surface area (Å²) in [6.07, 6.45) is 8.78. The number of aliphatic imine (C=N–C) groups is 1. The average Bonchev–Trinajstić information content (AvgIpc) is 3.13. The molecule has 0 aromatic carbocycles.